The van der Waals surface area contributed by atoms with E-state index in [9.17, 15) is 0 Å². The Morgan fingerprint density at radius 3 is 1.60 bits per heavy atom. The molecule has 5 aliphatic rings. The summed E-state index contributed by atoms with van der Waals surface area (Å²) in [5.41, 5.74) is 13.5. The molecule has 0 aliphatic heterocycles. The summed E-state index contributed by atoms with van der Waals surface area (Å²) < 4.78 is 2.66. The molecule has 0 heterocycles. The van der Waals surface area contributed by atoms with Gasteiger partial charge in [-0.05, 0) is 166 Å². The number of rotatable bonds is 2. The molecule has 5 aliphatic carbocycles. The number of fused-ring (bicyclic) bond motifs is 3. The quantitative estimate of drug-likeness (QED) is 0.241. The van der Waals surface area contributed by atoms with Crippen LogP contribution in [0.3, 0.4) is 0 Å². The van der Waals surface area contributed by atoms with Crippen LogP contribution in [0.25, 0.3) is 4.85 Å². The molecule has 1 nitrogen and oxygen atoms in total. The van der Waals surface area contributed by atoms with Crippen molar-refractivity contribution in [2.75, 3.05) is 0 Å². The van der Waals surface area contributed by atoms with Gasteiger partial charge in [0, 0.05) is 8.95 Å². The normalized spacial score (nSPS) is 18.9. The van der Waals surface area contributed by atoms with Crippen LogP contribution in [0.1, 0.15) is 121 Å². The lowest BCUT2D eigenvalue weighted by molar-refractivity contribution is 0.677. The van der Waals surface area contributed by atoms with E-state index in [0.717, 1.165) is 17.5 Å². The van der Waals surface area contributed by atoms with Crippen LogP contribution in [0.4, 0.5) is 5.69 Å². The maximum absolute atomic E-state index is 7.25. The van der Waals surface area contributed by atoms with Crippen molar-refractivity contribution in [3.05, 3.63) is 107 Å². The molecule has 0 unspecified atom stereocenters. The third-order valence-corrected chi connectivity index (χ3v) is 10.9. The Bertz CT molecular complexity index is 1410. The fraction of sp³-hybridized carbons (Fsp3) is 0.486. The Morgan fingerprint density at radius 2 is 1.02 bits per heavy atom. The van der Waals surface area contributed by atoms with Crippen LogP contribution < -0.4 is 0 Å². The topological polar surface area (TPSA) is 4.36 Å². The second-order valence-electron chi connectivity index (χ2n) is 12.4. The molecule has 0 saturated heterocycles. The van der Waals surface area contributed by atoms with Gasteiger partial charge in [-0.3, -0.25) is 0 Å². The molecule has 0 aromatic heterocycles. The lowest BCUT2D eigenvalue weighted by atomic mass is 9.86. The zero-order valence-corrected chi connectivity index (χ0v) is 26.9. The van der Waals surface area contributed by atoms with E-state index in [0.29, 0.717) is 0 Å². The average Bonchev–Trinajstić information content (AvgIpc) is 3.93. The van der Waals surface area contributed by atoms with E-state index < -0.39 is 0 Å². The van der Waals surface area contributed by atoms with Crippen LogP contribution >= 0.6 is 31.9 Å². The minimum absolute atomic E-state index is 0.724. The van der Waals surface area contributed by atoms with Gasteiger partial charge < -0.3 is 0 Å². The van der Waals surface area contributed by atoms with Crippen LogP contribution in [0.2, 0.25) is 0 Å². The average molecular weight is 660 g/mol. The van der Waals surface area contributed by atoms with Crippen molar-refractivity contribution in [1.82, 2.24) is 0 Å². The molecule has 0 atom stereocenters. The van der Waals surface area contributed by atoms with Gasteiger partial charge in [-0.15, -0.1) is 0 Å². The van der Waals surface area contributed by atoms with E-state index >= 15 is 0 Å². The minimum Gasteiger partial charge on any atom is -0.238 e. The first-order valence-corrected chi connectivity index (χ1v) is 17.3. The lowest BCUT2D eigenvalue weighted by Gasteiger charge is -2.20. The van der Waals surface area contributed by atoms with E-state index in [1.165, 1.54) is 128 Å². The van der Waals surface area contributed by atoms with Crippen molar-refractivity contribution >= 4 is 37.5 Å². The van der Waals surface area contributed by atoms with Gasteiger partial charge in [0.05, 0.1) is 6.57 Å². The van der Waals surface area contributed by atoms with Crippen LogP contribution in [0.5, 0.6) is 0 Å². The van der Waals surface area contributed by atoms with Gasteiger partial charge in [0.1, 0.15) is 0 Å². The van der Waals surface area contributed by atoms with Crippen molar-refractivity contribution in [3.63, 3.8) is 0 Å². The fourth-order valence-electron chi connectivity index (χ4n) is 7.15. The maximum atomic E-state index is 7.25. The molecule has 0 spiro atoms. The van der Waals surface area contributed by atoms with Crippen molar-refractivity contribution in [3.8, 4) is 0 Å². The Hall–Kier alpha value is -1.89. The first-order chi connectivity index (χ1) is 19.6. The van der Waals surface area contributed by atoms with Crippen LogP contribution in [0, 0.1) is 6.57 Å². The number of halogens is 2. The predicted octanol–water partition coefficient (Wildman–Crippen LogP) is 11.5. The van der Waals surface area contributed by atoms with Crippen LogP contribution in [0.15, 0.2) is 51.4 Å². The van der Waals surface area contributed by atoms with E-state index in [-0.39, 0.29) is 0 Å². The molecular formula is C37H41Br2N. The highest BCUT2D eigenvalue weighted by molar-refractivity contribution is 9.10. The van der Waals surface area contributed by atoms with Crippen molar-refractivity contribution in [2.45, 2.75) is 115 Å². The van der Waals surface area contributed by atoms with Gasteiger partial charge in [0.15, 0.2) is 5.69 Å². The fourth-order valence-corrected chi connectivity index (χ4v) is 8.45. The SMILES string of the molecule is Brc1ccc2c(c1C1CC1)CCCC2.Brc1cccc2c1CCCC2.[C-]#[N+]c1ccc2c(c1C1CC1)CCCC2. The van der Waals surface area contributed by atoms with E-state index in [4.69, 9.17) is 6.57 Å². The molecular weight excluding hydrogens is 618 g/mol. The lowest BCUT2D eigenvalue weighted by Crippen LogP contribution is -2.06. The largest absolute Gasteiger partial charge is 0.238 e. The van der Waals surface area contributed by atoms with Gasteiger partial charge in [0.25, 0.3) is 0 Å². The van der Waals surface area contributed by atoms with Gasteiger partial charge >= 0.3 is 0 Å². The van der Waals surface area contributed by atoms with Crippen molar-refractivity contribution < 1.29 is 0 Å². The molecule has 0 radical (unpaired) electrons. The zero-order valence-electron chi connectivity index (χ0n) is 23.7. The first-order valence-electron chi connectivity index (χ1n) is 15.7. The summed E-state index contributed by atoms with van der Waals surface area (Å²) in [6, 6.07) is 15.3. The molecule has 2 fully saturated rings. The standard InChI is InChI=1S/C14H15N.C13H15Br.C10H11Br/c1-15-13-9-8-10-4-2-3-5-12(10)14(13)11-6-7-11;14-12-8-7-9-3-1-2-4-11(9)13(12)10-5-6-10;11-10-7-3-5-8-4-1-2-6-9(8)10/h8-9,11H,2-7H2;7-8,10H,1-6H2;3,5,7H,1-2,4,6H2. The summed E-state index contributed by atoms with van der Waals surface area (Å²) in [5.74, 6) is 1.61. The Kier molecular flexibility index (Phi) is 9.15. The van der Waals surface area contributed by atoms with Gasteiger partial charge in [-0.25, -0.2) is 4.85 Å². The number of hydrogen-bond donors (Lipinski definition) is 0. The molecule has 2 saturated carbocycles. The predicted molar refractivity (Wildman–Crippen MR) is 175 cm³/mol. The third kappa shape index (κ3) is 6.44. The molecule has 3 aromatic rings. The monoisotopic (exact) mass is 657 g/mol. The highest BCUT2D eigenvalue weighted by atomic mass is 79.9. The number of aryl methyl sites for hydroxylation is 3. The van der Waals surface area contributed by atoms with Crippen molar-refractivity contribution in [2.24, 2.45) is 0 Å². The number of benzene rings is 3. The highest BCUT2D eigenvalue weighted by Crippen LogP contribution is 2.48. The van der Waals surface area contributed by atoms with E-state index in [1.54, 1.807) is 27.8 Å². The molecule has 208 valence electrons. The smallest absolute Gasteiger partial charge is 0.190 e. The zero-order chi connectivity index (χ0) is 27.5. The molecule has 0 N–H and O–H groups in total. The molecule has 40 heavy (non-hydrogen) atoms. The molecule has 0 bridgehead atoms. The van der Waals surface area contributed by atoms with Crippen LogP contribution in [-0.4, -0.2) is 0 Å². The number of hydrogen-bond acceptors (Lipinski definition) is 0. The molecule has 0 amide bonds. The summed E-state index contributed by atoms with van der Waals surface area (Å²) in [6.45, 7) is 7.25. The molecule has 8 rings (SSSR count). The molecule has 3 aromatic carbocycles. The number of nitrogens with zero attached hydrogens (tertiary/aromatic N) is 1. The third-order valence-electron chi connectivity index (χ3n) is 9.51. The van der Waals surface area contributed by atoms with E-state index in [1.807, 2.05) is 6.07 Å². The second-order valence-corrected chi connectivity index (χ2v) is 14.1. The molecule has 3 heteroatoms. The Labute approximate surface area is 258 Å². The van der Waals surface area contributed by atoms with Gasteiger partial charge in [0.2, 0.25) is 0 Å². The second kappa shape index (κ2) is 13.0. The summed E-state index contributed by atoms with van der Waals surface area (Å²) in [7, 11) is 0. The summed E-state index contributed by atoms with van der Waals surface area (Å²) in [4.78, 5) is 3.69. The van der Waals surface area contributed by atoms with Crippen molar-refractivity contribution in [1.29, 1.82) is 0 Å². The van der Waals surface area contributed by atoms with Crippen LogP contribution in [-0.2, 0) is 38.5 Å². The summed E-state index contributed by atoms with van der Waals surface area (Å²) in [6.07, 6.45) is 21.2. The summed E-state index contributed by atoms with van der Waals surface area (Å²) >= 11 is 7.30. The Morgan fingerprint density at radius 1 is 0.525 bits per heavy atom. The summed E-state index contributed by atoms with van der Waals surface area (Å²) in [5, 5.41) is 0. The first kappa shape index (κ1) is 28.2. The highest BCUT2D eigenvalue weighted by Gasteiger charge is 2.31. The van der Waals surface area contributed by atoms with Gasteiger partial charge in [-0.1, -0.05) is 67.8 Å². The Balaban J connectivity index is 0.000000110. The van der Waals surface area contributed by atoms with Gasteiger partial charge in [-0.2, -0.15) is 0 Å². The van der Waals surface area contributed by atoms with E-state index in [2.05, 4.69) is 73.1 Å². The minimum atomic E-state index is 0.724. The maximum Gasteiger partial charge on any atom is 0.190 e.